The molecular formula is C21H23N3O3S. The van der Waals surface area contributed by atoms with Gasteiger partial charge in [0.2, 0.25) is 0 Å². The summed E-state index contributed by atoms with van der Waals surface area (Å²) in [4.78, 5) is 25.1. The highest BCUT2D eigenvalue weighted by molar-refractivity contribution is 7.18. The maximum Gasteiger partial charge on any atom is 0.304 e. The van der Waals surface area contributed by atoms with Gasteiger partial charge in [-0.15, -0.1) is 11.3 Å². The van der Waals surface area contributed by atoms with E-state index in [0.717, 1.165) is 41.1 Å². The minimum Gasteiger partial charge on any atom is -0.481 e. The van der Waals surface area contributed by atoms with E-state index in [4.69, 9.17) is 5.11 Å². The molecule has 0 bridgehead atoms. The van der Waals surface area contributed by atoms with Crippen molar-refractivity contribution in [1.29, 1.82) is 0 Å². The number of carbonyl (C=O) groups is 2. The lowest BCUT2D eigenvalue weighted by atomic mass is 10.1. The number of carbonyl (C=O) groups excluding carboxylic acids is 1. The van der Waals surface area contributed by atoms with E-state index in [9.17, 15) is 9.59 Å². The summed E-state index contributed by atoms with van der Waals surface area (Å²) >= 11 is 1.59. The molecule has 1 unspecified atom stereocenters. The number of nitrogens with one attached hydrogen (secondary N) is 2. The molecule has 4 rings (SSSR count). The van der Waals surface area contributed by atoms with Crippen LogP contribution >= 0.6 is 11.3 Å². The number of aliphatic carboxylic acids is 1. The number of benzene rings is 2. The van der Waals surface area contributed by atoms with Gasteiger partial charge in [0.1, 0.15) is 11.3 Å². The minimum absolute atomic E-state index is 0.117. The standard InChI is InChI=1S/C15H11NOS.C6H12N2O2/c17-9-8-15-16-13-7-6-12(10-14(13)18-15)11-4-2-1-3-5-11;9-6(10)3-5-4-7-1-2-8-5/h1-7,9-10H,8H2;5,7-8H,1-4H2,(H,9,10). The van der Waals surface area contributed by atoms with Crippen molar-refractivity contribution in [2.75, 3.05) is 19.6 Å². The number of thiazole rings is 1. The van der Waals surface area contributed by atoms with E-state index >= 15 is 0 Å². The molecule has 1 aliphatic heterocycles. The van der Waals surface area contributed by atoms with Crippen LogP contribution in [0, 0.1) is 0 Å². The Morgan fingerprint density at radius 3 is 2.68 bits per heavy atom. The fourth-order valence-corrected chi connectivity index (χ4v) is 3.96. The Labute approximate surface area is 167 Å². The van der Waals surface area contributed by atoms with Crippen molar-refractivity contribution >= 4 is 33.8 Å². The summed E-state index contributed by atoms with van der Waals surface area (Å²) < 4.78 is 1.13. The molecule has 0 amide bonds. The molecule has 1 aromatic heterocycles. The van der Waals surface area contributed by atoms with Crippen LogP contribution in [0.3, 0.4) is 0 Å². The number of hydrogen-bond acceptors (Lipinski definition) is 6. The van der Waals surface area contributed by atoms with E-state index < -0.39 is 5.97 Å². The third-order valence-electron chi connectivity index (χ3n) is 4.34. The number of rotatable bonds is 5. The number of aromatic nitrogens is 1. The Morgan fingerprint density at radius 2 is 2.00 bits per heavy atom. The fraction of sp³-hybridized carbons (Fsp3) is 0.286. The van der Waals surface area contributed by atoms with Gasteiger partial charge in [0.05, 0.1) is 23.1 Å². The van der Waals surface area contributed by atoms with Gasteiger partial charge in [0.15, 0.2) is 0 Å². The molecule has 1 fully saturated rings. The first-order valence-corrected chi connectivity index (χ1v) is 10.0. The van der Waals surface area contributed by atoms with Crippen molar-refractivity contribution in [2.24, 2.45) is 0 Å². The number of carboxylic acids is 1. The first kappa shape index (κ1) is 20.1. The first-order chi connectivity index (χ1) is 13.7. The van der Waals surface area contributed by atoms with Crippen LogP contribution in [0.2, 0.25) is 0 Å². The first-order valence-electron chi connectivity index (χ1n) is 9.20. The van der Waals surface area contributed by atoms with Crippen molar-refractivity contribution in [3.63, 3.8) is 0 Å². The largest absolute Gasteiger partial charge is 0.481 e. The smallest absolute Gasteiger partial charge is 0.304 e. The van der Waals surface area contributed by atoms with Gasteiger partial charge >= 0.3 is 5.97 Å². The Balaban J connectivity index is 0.000000192. The number of nitrogens with zero attached hydrogens (tertiary/aromatic N) is 1. The monoisotopic (exact) mass is 397 g/mol. The van der Waals surface area contributed by atoms with Gasteiger partial charge in [-0.1, -0.05) is 36.4 Å². The molecule has 146 valence electrons. The van der Waals surface area contributed by atoms with Crippen LogP contribution in [-0.2, 0) is 16.0 Å². The quantitative estimate of drug-likeness (QED) is 0.574. The van der Waals surface area contributed by atoms with E-state index in [1.54, 1.807) is 11.3 Å². The highest BCUT2D eigenvalue weighted by Gasteiger charge is 2.14. The third-order valence-corrected chi connectivity index (χ3v) is 5.38. The molecule has 7 heteroatoms. The molecule has 0 aliphatic carbocycles. The van der Waals surface area contributed by atoms with E-state index in [2.05, 4.69) is 39.9 Å². The summed E-state index contributed by atoms with van der Waals surface area (Å²) in [5.74, 6) is -0.735. The lowest BCUT2D eigenvalue weighted by Crippen LogP contribution is -2.49. The maximum absolute atomic E-state index is 10.5. The summed E-state index contributed by atoms with van der Waals surface area (Å²) in [6.07, 6.45) is 1.52. The highest BCUT2D eigenvalue weighted by Crippen LogP contribution is 2.28. The number of fused-ring (bicyclic) bond motifs is 1. The van der Waals surface area contributed by atoms with Crippen LogP contribution in [0.1, 0.15) is 11.4 Å². The van der Waals surface area contributed by atoms with Crippen LogP contribution in [0.25, 0.3) is 21.3 Å². The fourth-order valence-electron chi connectivity index (χ4n) is 3.01. The van der Waals surface area contributed by atoms with Crippen LogP contribution < -0.4 is 10.6 Å². The number of hydrogen-bond donors (Lipinski definition) is 3. The second kappa shape index (κ2) is 10.1. The molecule has 28 heavy (non-hydrogen) atoms. The molecule has 0 radical (unpaired) electrons. The molecule has 1 atom stereocenters. The average molecular weight is 398 g/mol. The van der Waals surface area contributed by atoms with Crippen LogP contribution in [0.5, 0.6) is 0 Å². The normalized spacial score (nSPS) is 16.2. The van der Waals surface area contributed by atoms with Gasteiger partial charge in [0.25, 0.3) is 0 Å². The number of carboxylic acid groups (broad SMARTS) is 1. The van der Waals surface area contributed by atoms with E-state index in [0.29, 0.717) is 6.42 Å². The van der Waals surface area contributed by atoms with Gasteiger partial charge in [0, 0.05) is 25.7 Å². The predicted molar refractivity (Wildman–Crippen MR) is 112 cm³/mol. The second-order valence-electron chi connectivity index (χ2n) is 6.48. The molecular weight excluding hydrogens is 374 g/mol. The topological polar surface area (TPSA) is 91.3 Å². The van der Waals surface area contributed by atoms with Crippen molar-refractivity contribution < 1.29 is 14.7 Å². The number of piperazine rings is 1. The molecule has 6 nitrogen and oxygen atoms in total. The molecule has 0 spiro atoms. The molecule has 3 aromatic rings. The molecule has 1 aliphatic rings. The lowest BCUT2D eigenvalue weighted by Gasteiger charge is -2.22. The van der Waals surface area contributed by atoms with Gasteiger partial charge in [-0.25, -0.2) is 4.98 Å². The number of aldehydes is 1. The van der Waals surface area contributed by atoms with E-state index in [1.165, 1.54) is 11.1 Å². The zero-order chi connectivity index (χ0) is 19.8. The summed E-state index contributed by atoms with van der Waals surface area (Å²) in [5, 5.41) is 15.5. The Morgan fingerprint density at radius 1 is 1.18 bits per heavy atom. The van der Waals surface area contributed by atoms with Crippen LogP contribution in [-0.4, -0.2) is 48.0 Å². The maximum atomic E-state index is 10.5. The van der Waals surface area contributed by atoms with E-state index in [-0.39, 0.29) is 12.5 Å². The molecule has 3 N–H and O–H groups in total. The Bertz CT molecular complexity index is 921. The van der Waals surface area contributed by atoms with Crippen LogP contribution in [0.4, 0.5) is 0 Å². The summed E-state index contributed by atoms with van der Waals surface area (Å²) in [5.41, 5.74) is 3.35. The summed E-state index contributed by atoms with van der Waals surface area (Å²) in [6, 6.07) is 16.6. The second-order valence-corrected chi connectivity index (χ2v) is 7.60. The lowest BCUT2D eigenvalue weighted by molar-refractivity contribution is -0.137. The zero-order valence-electron chi connectivity index (χ0n) is 15.4. The van der Waals surface area contributed by atoms with E-state index in [1.807, 2.05) is 24.3 Å². The van der Waals surface area contributed by atoms with Gasteiger partial charge < -0.3 is 20.5 Å². The summed E-state index contributed by atoms with van der Waals surface area (Å²) in [6.45, 7) is 2.58. The Hall–Kier alpha value is -2.61. The van der Waals surface area contributed by atoms with Gasteiger partial charge in [-0.3, -0.25) is 4.79 Å². The minimum atomic E-state index is -0.735. The SMILES string of the molecule is O=C(O)CC1CNCCN1.O=CCc1nc2ccc(-c3ccccc3)cc2s1. The van der Waals surface area contributed by atoms with Gasteiger partial charge in [-0.2, -0.15) is 0 Å². The molecule has 2 aromatic carbocycles. The third kappa shape index (κ3) is 5.69. The zero-order valence-corrected chi connectivity index (χ0v) is 16.2. The van der Waals surface area contributed by atoms with Gasteiger partial charge in [-0.05, 0) is 23.3 Å². The Kier molecular flexibility index (Phi) is 7.25. The van der Waals surface area contributed by atoms with Crippen molar-refractivity contribution in [3.05, 3.63) is 53.5 Å². The van der Waals surface area contributed by atoms with Crippen LogP contribution in [0.15, 0.2) is 48.5 Å². The predicted octanol–water partition coefficient (Wildman–Crippen LogP) is 2.73. The summed E-state index contributed by atoms with van der Waals surface area (Å²) in [7, 11) is 0. The average Bonchev–Trinajstić information content (AvgIpc) is 3.11. The molecule has 2 heterocycles. The van der Waals surface area contributed by atoms with Crippen molar-refractivity contribution in [1.82, 2.24) is 15.6 Å². The van der Waals surface area contributed by atoms with Crippen molar-refractivity contribution in [3.8, 4) is 11.1 Å². The highest BCUT2D eigenvalue weighted by atomic mass is 32.1. The molecule has 0 saturated carbocycles. The van der Waals surface area contributed by atoms with Crippen molar-refractivity contribution in [2.45, 2.75) is 18.9 Å². The molecule has 1 saturated heterocycles.